The molecule has 0 bridgehead atoms. The molecule has 1 N–H and O–H groups in total. The maximum Gasteiger partial charge on any atom is 0.130 e. The molecule has 0 radical (unpaired) electrons. The number of pyridine rings is 2. The molecule has 1 fully saturated rings. The van der Waals surface area contributed by atoms with E-state index in [4.69, 9.17) is 4.74 Å². The van der Waals surface area contributed by atoms with Crippen LogP contribution >= 0.6 is 0 Å². The van der Waals surface area contributed by atoms with E-state index in [2.05, 4.69) is 31.9 Å². The summed E-state index contributed by atoms with van der Waals surface area (Å²) >= 11 is 0. The zero-order valence-corrected chi connectivity index (χ0v) is 17.3. The first-order valence-electron chi connectivity index (χ1n) is 10.3. The molecule has 0 unspecified atom stereocenters. The summed E-state index contributed by atoms with van der Waals surface area (Å²) < 4.78 is 5.80. The van der Waals surface area contributed by atoms with Gasteiger partial charge in [0.25, 0.3) is 0 Å². The molecule has 1 saturated heterocycles. The largest absolute Gasteiger partial charge is 0.487 e. The summed E-state index contributed by atoms with van der Waals surface area (Å²) in [7, 11) is 2.05. The number of anilines is 1. The molecule has 1 atom stereocenters. The minimum Gasteiger partial charge on any atom is -0.487 e. The molecule has 1 aliphatic rings. The van der Waals surface area contributed by atoms with Gasteiger partial charge in [0, 0.05) is 38.6 Å². The molecule has 156 valence electrons. The van der Waals surface area contributed by atoms with E-state index in [-0.39, 0.29) is 0 Å². The van der Waals surface area contributed by atoms with E-state index in [0.717, 1.165) is 36.8 Å². The normalized spacial score (nSPS) is 18.7. The molecule has 3 heterocycles. The maximum absolute atomic E-state index is 11.1. The van der Waals surface area contributed by atoms with Gasteiger partial charge in [-0.1, -0.05) is 24.3 Å². The van der Waals surface area contributed by atoms with Gasteiger partial charge in [-0.25, -0.2) is 4.98 Å². The van der Waals surface area contributed by atoms with Gasteiger partial charge in [-0.2, -0.15) is 0 Å². The van der Waals surface area contributed by atoms with Crippen molar-refractivity contribution in [1.82, 2.24) is 14.9 Å². The van der Waals surface area contributed by atoms with E-state index < -0.39 is 5.60 Å². The van der Waals surface area contributed by atoms with Crippen molar-refractivity contribution in [3.8, 4) is 5.75 Å². The molecule has 0 aliphatic carbocycles. The molecular formula is C24H28N4O2. The molecule has 3 aromatic rings. The Kier molecular flexibility index (Phi) is 6.26. The van der Waals surface area contributed by atoms with Crippen LogP contribution in [0.15, 0.2) is 73.1 Å². The summed E-state index contributed by atoms with van der Waals surface area (Å²) in [4.78, 5) is 13.0. The minimum atomic E-state index is -0.724. The van der Waals surface area contributed by atoms with Gasteiger partial charge in [-0.3, -0.25) is 9.88 Å². The van der Waals surface area contributed by atoms with Gasteiger partial charge in [0.15, 0.2) is 0 Å². The summed E-state index contributed by atoms with van der Waals surface area (Å²) in [5.41, 5.74) is 1.37. The van der Waals surface area contributed by atoms with Crippen molar-refractivity contribution in [1.29, 1.82) is 0 Å². The number of likely N-dealkylation sites (N-methyl/N-ethyl adjacent to an activating group) is 1. The third-order valence-corrected chi connectivity index (χ3v) is 5.36. The number of hydrogen-bond acceptors (Lipinski definition) is 6. The zero-order chi connectivity index (χ0) is 20.8. The van der Waals surface area contributed by atoms with E-state index >= 15 is 0 Å². The van der Waals surface area contributed by atoms with Crippen molar-refractivity contribution in [3.05, 3.63) is 84.3 Å². The second kappa shape index (κ2) is 9.24. The molecular weight excluding hydrogens is 376 g/mol. The molecule has 4 rings (SSSR count). The van der Waals surface area contributed by atoms with Crippen LogP contribution < -0.4 is 9.64 Å². The standard InChI is InChI=1S/C24H28N4O2/c1-27(18-24(29)12-15-28(19-24)23-7-3-5-14-26-23)16-20-8-10-22(11-9-20)30-17-21-6-2-4-13-25-21/h2-11,13-14,29H,12,15-19H2,1H3/t24-/m1/s1. The highest BCUT2D eigenvalue weighted by Crippen LogP contribution is 2.26. The van der Waals surface area contributed by atoms with E-state index in [1.54, 1.807) is 12.4 Å². The fraction of sp³-hybridized carbons (Fsp3) is 0.333. The maximum atomic E-state index is 11.1. The minimum absolute atomic E-state index is 0.458. The highest BCUT2D eigenvalue weighted by molar-refractivity contribution is 5.40. The van der Waals surface area contributed by atoms with Crippen LogP contribution in [0.2, 0.25) is 0 Å². The van der Waals surface area contributed by atoms with Gasteiger partial charge < -0.3 is 14.7 Å². The number of hydrogen-bond donors (Lipinski definition) is 1. The Hall–Kier alpha value is -2.96. The SMILES string of the molecule is CN(Cc1ccc(OCc2ccccn2)cc1)C[C@]1(O)CCN(c2ccccn2)C1. The van der Waals surface area contributed by atoms with Crippen LogP contribution in [0.3, 0.4) is 0 Å². The van der Waals surface area contributed by atoms with E-state index in [1.165, 1.54) is 5.56 Å². The van der Waals surface area contributed by atoms with E-state index in [9.17, 15) is 5.11 Å². The number of nitrogens with zero attached hydrogens (tertiary/aromatic N) is 4. The number of β-amino-alcohol motifs (C(OH)–C–C–N with tert-alkyl or cyclic N) is 1. The summed E-state index contributed by atoms with van der Waals surface area (Å²) in [6, 6.07) is 19.8. The van der Waals surface area contributed by atoms with Crippen LogP contribution in [0.25, 0.3) is 0 Å². The van der Waals surface area contributed by atoms with Crippen LogP contribution in [0, 0.1) is 0 Å². The molecule has 0 saturated carbocycles. The lowest BCUT2D eigenvalue weighted by molar-refractivity contribution is 0.0279. The highest BCUT2D eigenvalue weighted by Gasteiger charge is 2.37. The molecule has 0 amide bonds. The second-order valence-corrected chi connectivity index (χ2v) is 8.01. The predicted octanol–water partition coefficient (Wildman–Crippen LogP) is 3.13. The summed E-state index contributed by atoms with van der Waals surface area (Å²) in [6.45, 7) is 3.28. The van der Waals surface area contributed by atoms with Crippen LogP contribution in [0.4, 0.5) is 5.82 Å². The monoisotopic (exact) mass is 404 g/mol. The van der Waals surface area contributed by atoms with Gasteiger partial charge in [-0.15, -0.1) is 0 Å². The van der Waals surface area contributed by atoms with Crippen LogP contribution in [-0.4, -0.2) is 52.3 Å². The Labute approximate surface area is 177 Å². The van der Waals surface area contributed by atoms with Crippen molar-refractivity contribution < 1.29 is 9.84 Å². The Bertz CT molecular complexity index is 921. The third-order valence-electron chi connectivity index (χ3n) is 5.36. The molecule has 30 heavy (non-hydrogen) atoms. The predicted molar refractivity (Wildman–Crippen MR) is 117 cm³/mol. The summed E-state index contributed by atoms with van der Waals surface area (Å²) in [5.74, 6) is 1.75. The first-order valence-corrected chi connectivity index (χ1v) is 10.3. The number of rotatable bonds is 8. The van der Waals surface area contributed by atoms with Crippen molar-refractivity contribution >= 4 is 5.82 Å². The first kappa shape index (κ1) is 20.3. The van der Waals surface area contributed by atoms with Crippen molar-refractivity contribution in [2.24, 2.45) is 0 Å². The van der Waals surface area contributed by atoms with Crippen LogP contribution in [0.5, 0.6) is 5.75 Å². The summed E-state index contributed by atoms with van der Waals surface area (Å²) in [6.07, 6.45) is 4.31. The summed E-state index contributed by atoms with van der Waals surface area (Å²) in [5, 5.41) is 11.1. The third kappa shape index (κ3) is 5.34. The number of ether oxygens (including phenoxy) is 1. The molecule has 6 nitrogen and oxygen atoms in total. The van der Waals surface area contributed by atoms with Crippen molar-refractivity contribution in [2.75, 3.05) is 31.6 Å². The lowest BCUT2D eigenvalue weighted by atomic mass is 10.0. The quantitative estimate of drug-likeness (QED) is 0.622. The average Bonchev–Trinajstić information content (AvgIpc) is 3.16. The van der Waals surface area contributed by atoms with Gasteiger partial charge in [-0.05, 0) is 55.4 Å². The van der Waals surface area contributed by atoms with Gasteiger partial charge in [0.1, 0.15) is 18.2 Å². The smallest absolute Gasteiger partial charge is 0.130 e. The second-order valence-electron chi connectivity index (χ2n) is 8.01. The number of aromatic nitrogens is 2. The van der Waals surface area contributed by atoms with Gasteiger partial charge >= 0.3 is 0 Å². The lowest BCUT2D eigenvalue weighted by Gasteiger charge is -2.29. The molecule has 1 aromatic carbocycles. The van der Waals surface area contributed by atoms with Crippen molar-refractivity contribution in [3.63, 3.8) is 0 Å². The Morgan fingerprint density at radius 1 is 1.03 bits per heavy atom. The zero-order valence-electron chi connectivity index (χ0n) is 17.3. The molecule has 6 heteroatoms. The Balaban J connectivity index is 1.27. The van der Waals surface area contributed by atoms with E-state index in [0.29, 0.717) is 19.7 Å². The Morgan fingerprint density at radius 2 is 1.80 bits per heavy atom. The first-order chi connectivity index (χ1) is 14.6. The van der Waals surface area contributed by atoms with E-state index in [1.807, 2.05) is 55.6 Å². The van der Waals surface area contributed by atoms with Gasteiger partial charge in [0.2, 0.25) is 0 Å². The fourth-order valence-corrected chi connectivity index (χ4v) is 3.92. The topological polar surface area (TPSA) is 61.7 Å². The van der Waals surface area contributed by atoms with Crippen molar-refractivity contribution in [2.45, 2.75) is 25.2 Å². The number of benzene rings is 1. The molecule has 1 aliphatic heterocycles. The molecule has 0 spiro atoms. The fourth-order valence-electron chi connectivity index (χ4n) is 3.92. The number of aliphatic hydroxyl groups is 1. The average molecular weight is 405 g/mol. The lowest BCUT2D eigenvalue weighted by Crippen LogP contribution is -2.43. The highest BCUT2D eigenvalue weighted by atomic mass is 16.5. The van der Waals surface area contributed by atoms with Crippen LogP contribution in [0.1, 0.15) is 17.7 Å². The van der Waals surface area contributed by atoms with Gasteiger partial charge in [0.05, 0.1) is 11.3 Å². The molecule has 2 aromatic heterocycles. The Morgan fingerprint density at radius 3 is 2.50 bits per heavy atom. The van der Waals surface area contributed by atoms with Crippen LogP contribution in [-0.2, 0) is 13.2 Å².